The number of nitrogens with one attached hydrogen (secondary N) is 1. The molecule has 0 unspecified atom stereocenters. The predicted molar refractivity (Wildman–Crippen MR) is 105 cm³/mol. The van der Waals surface area contributed by atoms with E-state index in [1.165, 1.54) is 11.3 Å². The van der Waals surface area contributed by atoms with Crippen LogP contribution in [0.25, 0.3) is 0 Å². The Hall–Kier alpha value is -2.39. The van der Waals surface area contributed by atoms with E-state index < -0.39 is 15.9 Å². The summed E-state index contributed by atoms with van der Waals surface area (Å²) >= 11 is 1.50. The molecule has 0 atom stereocenters. The van der Waals surface area contributed by atoms with Crippen LogP contribution in [0.2, 0.25) is 0 Å². The maximum atomic E-state index is 12.1. The number of aryl methyl sites for hydroxylation is 1. The minimum Gasteiger partial charge on any atom is -0.494 e. The second-order valence-corrected chi connectivity index (χ2v) is 8.31. The van der Waals surface area contributed by atoms with E-state index in [0.29, 0.717) is 18.0 Å². The average molecular weight is 396 g/mol. The van der Waals surface area contributed by atoms with Gasteiger partial charge in [-0.3, -0.25) is 9.10 Å². The number of ether oxygens (including phenoxy) is 1. The number of anilines is 1. The monoisotopic (exact) mass is 395 g/mol. The summed E-state index contributed by atoms with van der Waals surface area (Å²) in [5.41, 5.74) is 3.79. The first-order chi connectivity index (χ1) is 12.3. The molecule has 1 amide bonds. The zero-order valence-electron chi connectivity index (χ0n) is 14.8. The summed E-state index contributed by atoms with van der Waals surface area (Å²) in [6, 6.07) is 8.46. The molecule has 0 fully saturated rings. The molecule has 1 heterocycles. The summed E-state index contributed by atoms with van der Waals surface area (Å²) in [4.78, 5) is 13.0. The lowest BCUT2D eigenvalue weighted by molar-refractivity contribution is -0.119. The molecule has 1 aromatic heterocycles. The van der Waals surface area contributed by atoms with Gasteiger partial charge in [-0.15, -0.1) is 11.3 Å². The number of carbonyl (C=O) groups excluding carboxylic acids is 1. The molecule has 2 rings (SSSR count). The molecule has 26 heavy (non-hydrogen) atoms. The van der Waals surface area contributed by atoms with Crippen LogP contribution in [-0.2, 0) is 14.8 Å². The van der Waals surface area contributed by atoms with Gasteiger partial charge in [0.05, 0.1) is 24.8 Å². The van der Waals surface area contributed by atoms with Crippen molar-refractivity contribution in [3.05, 3.63) is 46.2 Å². The van der Waals surface area contributed by atoms with E-state index in [9.17, 15) is 13.2 Å². The third-order valence-corrected chi connectivity index (χ3v) is 5.49. The highest BCUT2D eigenvalue weighted by molar-refractivity contribution is 7.92. The number of thiophene rings is 1. The first kappa shape index (κ1) is 19.9. The lowest BCUT2D eigenvalue weighted by Gasteiger charge is -2.21. The van der Waals surface area contributed by atoms with Crippen LogP contribution in [0, 0.1) is 6.92 Å². The molecule has 0 bridgehead atoms. The van der Waals surface area contributed by atoms with Crippen molar-refractivity contribution in [2.45, 2.75) is 13.8 Å². The molecular weight excluding hydrogens is 374 g/mol. The Kier molecular flexibility index (Phi) is 6.76. The highest BCUT2D eigenvalue weighted by atomic mass is 32.2. The van der Waals surface area contributed by atoms with Crippen molar-refractivity contribution in [1.29, 1.82) is 0 Å². The van der Waals surface area contributed by atoms with E-state index in [-0.39, 0.29) is 6.54 Å². The highest BCUT2D eigenvalue weighted by Gasteiger charge is 2.20. The van der Waals surface area contributed by atoms with E-state index >= 15 is 0 Å². The predicted octanol–water partition coefficient (Wildman–Crippen LogP) is 2.37. The Balaban J connectivity index is 2.06. The van der Waals surface area contributed by atoms with Crippen LogP contribution in [0.1, 0.15) is 17.4 Å². The molecule has 0 spiro atoms. The molecule has 0 radical (unpaired) electrons. The summed E-state index contributed by atoms with van der Waals surface area (Å²) in [6.45, 7) is 3.95. The molecule has 1 N–H and O–H groups in total. The Bertz CT molecular complexity index is 874. The number of rotatable bonds is 8. The van der Waals surface area contributed by atoms with Gasteiger partial charge >= 0.3 is 0 Å². The van der Waals surface area contributed by atoms with Crippen LogP contribution in [0.5, 0.6) is 5.75 Å². The number of sulfonamides is 1. The fraction of sp³-hybridized carbons (Fsp3) is 0.294. The van der Waals surface area contributed by atoms with Crippen molar-refractivity contribution in [2.75, 3.05) is 23.7 Å². The van der Waals surface area contributed by atoms with Gasteiger partial charge < -0.3 is 4.74 Å². The van der Waals surface area contributed by atoms with Crippen LogP contribution in [-0.4, -0.2) is 39.9 Å². The first-order valence-electron chi connectivity index (χ1n) is 7.88. The second-order valence-electron chi connectivity index (χ2n) is 5.46. The van der Waals surface area contributed by atoms with E-state index in [1.807, 2.05) is 25.3 Å². The molecular formula is C17H21N3O4S2. The van der Waals surface area contributed by atoms with Gasteiger partial charge in [0.2, 0.25) is 10.0 Å². The minimum atomic E-state index is -3.63. The lowest BCUT2D eigenvalue weighted by Crippen LogP contribution is -2.39. The van der Waals surface area contributed by atoms with Crippen LogP contribution >= 0.6 is 11.3 Å². The quantitative estimate of drug-likeness (QED) is 0.549. The van der Waals surface area contributed by atoms with Crippen LogP contribution < -0.4 is 14.5 Å². The van der Waals surface area contributed by atoms with Gasteiger partial charge in [0.25, 0.3) is 5.91 Å². The number of hydrogen-bond donors (Lipinski definition) is 1. The van der Waals surface area contributed by atoms with E-state index in [1.54, 1.807) is 30.5 Å². The maximum absolute atomic E-state index is 12.1. The van der Waals surface area contributed by atoms with Crippen LogP contribution in [0.4, 0.5) is 5.69 Å². The SMILES string of the molecule is CCOc1ccc(N(CC(=O)N/N=C/c2sccc2C)S(C)(=O)=O)cc1. The third-order valence-electron chi connectivity index (χ3n) is 3.40. The Labute approximate surface area is 157 Å². The van der Waals surface area contributed by atoms with Gasteiger partial charge in [0.15, 0.2) is 0 Å². The molecule has 0 saturated heterocycles. The minimum absolute atomic E-state index is 0.367. The van der Waals surface area contributed by atoms with Crippen molar-refractivity contribution in [2.24, 2.45) is 5.10 Å². The smallest absolute Gasteiger partial charge is 0.260 e. The summed E-state index contributed by atoms with van der Waals surface area (Å²) in [5.74, 6) is 0.0971. The fourth-order valence-corrected chi connectivity index (χ4v) is 3.76. The van der Waals surface area contributed by atoms with Crippen molar-refractivity contribution in [1.82, 2.24) is 5.43 Å². The topological polar surface area (TPSA) is 88.1 Å². The molecule has 0 aliphatic rings. The normalized spacial score (nSPS) is 11.5. The van der Waals surface area contributed by atoms with Crippen LogP contribution in [0.3, 0.4) is 0 Å². The van der Waals surface area contributed by atoms with Crippen molar-refractivity contribution >= 4 is 39.2 Å². The zero-order valence-corrected chi connectivity index (χ0v) is 16.4. The van der Waals surface area contributed by atoms with Gasteiger partial charge in [-0.05, 0) is 55.1 Å². The maximum Gasteiger partial charge on any atom is 0.260 e. The Morgan fingerprint density at radius 1 is 1.31 bits per heavy atom. The van der Waals surface area contributed by atoms with Crippen molar-refractivity contribution in [3.63, 3.8) is 0 Å². The van der Waals surface area contributed by atoms with E-state index in [4.69, 9.17) is 4.74 Å². The largest absolute Gasteiger partial charge is 0.494 e. The lowest BCUT2D eigenvalue weighted by atomic mass is 10.3. The van der Waals surface area contributed by atoms with Gasteiger partial charge in [-0.1, -0.05) is 0 Å². The molecule has 0 saturated carbocycles. The van der Waals surface area contributed by atoms with Gasteiger partial charge in [0, 0.05) is 4.88 Å². The molecule has 140 valence electrons. The fourth-order valence-electron chi connectivity index (χ4n) is 2.12. The number of hydrogen-bond acceptors (Lipinski definition) is 6. The zero-order chi connectivity index (χ0) is 19.2. The Morgan fingerprint density at radius 2 is 2.00 bits per heavy atom. The summed E-state index contributed by atoms with van der Waals surface area (Å²) in [5, 5.41) is 5.81. The van der Waals surface area contributed by atoms with Gasteiger partial charge in [-0.25, -0.2) is 13.8 Å². The Morgan fingerprint density at radius 3 is 2.54 bits per heavy atom. The molecule has 0 aliphatic heterocycles. The number of hydrazone groups is 1. The van der Waals surface area contributed by atoms with Crippen LogP contribution in [0.15, 0.2) is 40.8 Å². The average Bonchev–Trinajstić information content (AvgIpc) is 2.98. The number of benzene rings is 1. The van der Waals surface area contributed by atoms with Crippen molar-refractivity contribution in [3.8, 4) is 5.75 Å². The third kappa shape index (κ3) is 5.57. The summed E-state index contributed by atoms with van der Waals surface area (Å²) in [7, 11) is -3.63. The summed E-state index contributed by atoms with van der Waals surface area (Å²) < 4.78 is 30.5. The standard InChI is InChI=1S/C17H21N3O4S2/c1-4-24-15-7-5-14(6-8-15)20(26(3,22)23)12-17(21)19-18-11-16-13(2)9-10-25-16/h5-11H,4,12H2,1-3H3,(H,19,21)/b18-11+. The molecule has 2 aromatic rings. The molecule has 9 heteroatoms. The highest BCUT2D eigenvalue weighted by Crippen LogP contribution is 2.21. The van der Waals surface area contributed by atoms with Gasteiger partial charge in [-0.2, -0.15) is 5.10 Å². The van der Waals surface area contributed by atoms with E-state index in [2.05, 4.69) is 10.5 Å². The van der Waals surface area contributed by atoms with Crippen molar-refractivity contribution < 1.29 is 17.9 Å². The summed E-state index contributed by atoms with van der Waals surface area (Å²) in [6.07, 6.45) is 2.59. The molecule has 0 aliphatic carbocycles. The molecule has 7 nitrogen and oxygen atoms in total. The van der Waals surface area contributed by atoms with E-state index in [0.717, 1.165) is 21.0 Å². The number of amides is 1. The van der Waals surface area contributed by atoms with Gasteiger partial charge in [0.1, 0.15) is 12.3 Å². The number of nitrogens with zero attached hydrogens (tertiary/aromatic N) is 2. The second kappa shape index (κ2) is 8.81. The first-order valence-corrected chi connectivity index (χ1v) is 10.6. The molecule has 1 aromatic carbocycles. The number of carbonyl (C=O) groups is 1.